The van der Waals surface area contributed by atoms with Gasteiger partial charge >= 0.3 is 6.09 Å². The number of amides is 3. The highest BCUT2D eigenvalue weighted by Crippen LogP contribution is 2.39. The zero-order valence-corrected chi connectivity index (χ0v) is 27.9. The number of nitrogens with zero attached hydrogens (tertiary/aromatic N) is 4. The lowest BCUT2D eigenvalue weighted by atomic mass is 9.71. The smallest absolute Gasteiger partial charge is 0.410 e. The van der Waals surface area contributed by atoms with Crippen LogP contribution in [0.15, 0.2) is 40.5 Å². The zero-order valence-electron chi connectivity index (χ0n) is 27.0. The summed E-state index contributed by atoms with van der Waals surface area (Å²) in [6, 6.07) is 6.99. The van der Waals surface area contributed by atoms with Gasteiger partial charge in [-0.15, -0.1) is 11.3 Å². The van der Waals surface area contributed by atoms with Crippen LogP contribution in [0.25, 0.3) is 10.2 Å². The molecule has 2 aromatic rings. The molecule has 0 fully saturated rings. The molecule has 1 aliphatic carbocycles. The number of rotatable bonds is 13. The monoisotopic (exact) mass is 635 g/mol. The van der Waals surface area contributed by atoms with E-state index in [0.29, 0.717) is 64.4 Å². The molecule has 45 heavy (non-hydrogen) atoms. The summed E-state index contributed by atoms with van der Waals surface area (Å²) in [4.78, 5) is 71.3. The van der Waals surface area contributed by atoms with Crippen LogP contribution in [-0.4, -0.2) is 78.0 Å². The molecule has 1 aromatic heterocycles. The molecule has 12 heteroatoms. The van der Waals surface area contributed by atoms with Gasteiger partial charge in [0.05, 0.1) is 10.2 Å². The number of Topliss-reactive ketones (excluding diaryl/α,β-unsaturated/α-hetero) is 2. The summed E-state index contributed by atoms with van der Waals surface area (Å²) < 4.78 is 6.40. The van der Waals surface area contributed by atoms with Crippen molar-refractivity contribution >= 4 is 51.0 Å². The van der Waals surface area contributed by atoms with E-state index in [4.69, 9.17) is 10.00 Å². The summed E-state index contributed by atoms with van der Waals surface area (Å²) >= 11 is 1.20. The summed E-state index contributed by atoms with van der Waals surface area (Å²) in [6.07, 6.45) is 1.84. The van der Waals surface area contributed by atoms with Gasteiger partial charge in [-0.05, 0) is 45.7 Å². The molecule has 0 atom stereocenters. The van der Waals surface area contributed by atoms with Gasteiger partial charge in [0.25, 0.3) is 0 Å². The Bertz CT molecular complexity index is 1610. The Morgan fingerprint density at radius 3 is 2.36 bits per heavy atom. The first-order valence-corrected chi connectivity index (χ1v) is 15.7. The highest BCUT2D eigenvalue weighted by Gasteiger charge is 2.38. The summed E-state index contributed by atoms with van der Waals surface area (Å²) in [5.74, 6) is -0.353. The summed E-state index contributed by atoms with van der Waals surface area (Å²) in [7, 11) is 3.23. The van der Waals surface area contributed by atoms with Crippen molar-refractivity contribution in [1.82, 2.24) is 20.1 Å². The van der Waals surface area contributed by atoms with Crippen LogP contribution in [0.2, 0.25) is 0 Å². The van der Waals surface area contributed by atoms with Crippen LogP contribution in [0.1, 0.15) is 71.7 Å². The Morgan fingerprint density at radius 1 is 1.00 bits per heavy atom. The van der Waals surface area contributed by atoms with Gasteiger partial charge in [0.2, 0.25) is 11.8 Å². The normalized spacial score (nSPS) is 13.6. The van der Waals surface area contributed by atoms with Crippen molar-refractivity contribution in [2.24, 2.45) is 5.41 Å². The molecule has 0 aliphatic heterocycles. The number of unbranched alkanes of at least 4 members (excludes halogenated alkanes) is 2. The first-order valence-electron chi connectivity index (χ1n) is 14.9. The Hall–Kier alpha value is -4.37. The Kier molecular flexibility index (Phi) is 11.8. The van der Waals surface area contributed by atoms with Gasteiger partial charge in [-0.25, -0.2) is 9.78 Å². The molecule has 3 amide bonds. The largest absolute Gasteiger partial charge is 0.415 e. The molecule has 0 unspecified atom stereocenters. The minimum Gasteiger partial charge on any atom is -0.410 e. The minimum absolute atomic E-state index is 0.00497. The number of nitrogens with one attached hydrogen (secondary N) is 1. The molecule has 0 radical (unpaired) electrons. The van der Waals surface area contributed by atoms with Gasteiger partial charge in [-0.1, -0.05) is 20.3 Å². The average molecular weight is 636 g/mol. The number of hydrogen-bond acceptors (Lipinski definition) is 9. The van der Waals surface area contributed by atoms with E-state index in [1.807, 2.05) is 6.07 Å². The molecule has 0 saturated carbocycles. The molecular formula is C33H41N5O6S. The van der Waals surface area contributed by atoms with Crippen molar-refractivity contribution in [1.29, 1.82) is 5.26 Å². The lowest BCUT2D eigenvalue weighted by molar-refractivity contribution is -0.132. The molecule has 240 valence electrons. The van der Waals surface area contributed by atoms with Crippen molar-refractivity contribution < 1.29 is 28.7 Å². The SMILES string of the molecule is CNC(=O)CCCCCN(CCN(C)C(=O)CC(C)(C)C1=C(C)C(=O)C(C)=C(C)C1=O)C(=O)Oc1ccc2nc(C#N)sc2c1. The number of carbonyl (C=O) groups excluding carboxylic acids is 5. The number of thiazole rings is 1. The lowest BCUT2D eigenvalue weighted by Crippen LogP contribution is -2.42. The summed E-state index contributed by atoms with van der Waals surface area (Å²) in [6.45, 7) is 9.25. The van der Waals surface area contributed by atoms with E-state index >= 15 is 0 Å². The number of ether oxygens (including phenoxy) is 1. The standard InChI is InChI=1S/C33H41N5O6S/c1-20-21(2)31(42)29(22(3)30(20)41)33(4,5)18-28(40)37(7)15-16-38(14-10-8-9-11-26(39)35-6)32(43)44-23-12-13-24-25(17-23)45-27(19-34)36-24/h12-13,17H,8-11,14-16,18H2,1-7H3,(H,35,39). The number of likely N-dealkylation sites (N-methyl/N-ethyl adjacent to an activating group) is 1. The highest BCUT2D eigenvalue weighted by atomic mass is 32.1. The van der Waals surface area contributed by atoms with E-state index in [9.17, 15) is 24.0 Å². The van der Waals surface area contributed by atoms with Crippen molar-refractivity contribution in [3.8, 4) is 11.8 Å². The fraction of sp³-hybridized carbons (Fsp3) is 0.485. The fourth-order valence-corrected chi connectivity index (χ4v) is 6.06. The molecule has 0 saturated heterocycles. The summed E-state index contributed by atoms with van der Waals surface area (Å²) in [5.41, 5.74) is 1.32. The van der Waals surface area contributed by atoms with Crippen LogP contribution >= 0.6 is 11.3 Å². The number of ketones is 2. The van der Waals surface area contributed by atoms with Crippen LogP contribution in [0.4, 0.5) is 4.79 Å². The maximum Gasteiger partial charge on any atom is 0.415 e. The van der Waals surface area contributed by atoms with Crippen molar-refractivity contribution in [3.05, 3.63) is 45.5 Å². The van der Waals surface area contributed by atoms with E-state index in [0.717, 1.165) is 11.1 Å². The molecule has 1 aliphatic rings. The van der Waals surface area contributed by atoms with Crippen molar-refractivity contribution in [3.63, 3.8) is 0 Å². The maximum atomic E-state index is 13.4. The van der Waals surface area contributed by atoms with E-state index < -0.39 is 11.5 Å². The first kappa shape index (κ1) is 35.1. The molecule has 0 spiro atoms. The van der Waals surface area contributed by atoms with Gasteiger partial charge < -0.3 is 19.9 Å². The number of carbonyl (C=O) groups is 5. The van der Waals surface area contributed by atoms with Gasteiger partial charge in [0.15, 0.2) is 16.6 Å². The zero-order chi connectivity index (χ0) is 33.5. The van der Waals surface area contributed by atoms with Crippen LogP contribution in [0.3, 0.4) is 0 Å². The van der Waals surface area contributed by atoms with Crippen LogP contribution < -0.4 is 10.1 Å². The molecular weight excluding hydrogens is 594 g/mol. The average Bonchev–Trinajstić information content (AvgIpc) is 3.42. The third-order valence-electron chi connectivity index (χ3n) is 8.12. The molecule has 11 nitrogen and oxygen atoms in total. The van der Waals surface area contributed by atoms with E-state index in [1.54, 1.807) is 66.9 Å². The third kappa shape index (κ3) is 8.63. The Labute approximate surface area is 267 Å². The van der Waals surface area contributed by atoms with Crippen LogP contribution in [0.5, 0.6) is 5.75 Å². The molecule has 1 N–H and O–H groups in total. The quantitative estimate of drug-likeness (QED) is 0.240. The molecule has 1 heterocycles. The lowest BCUT2D eigenvalue weighted by Gasteiger charge is -2.33. The number of allylic oxidation sites excluding steroid dienone is 4. The maximum absolute atomic E-state index is 13.4. The summed E-state index contributed by atoms with van der Waals surface area (Å²) in [5, 5.41) is 12.1. The van der Waals surface area contributed by atoms with E-state index in [-0.39, 0.29) is 42.9 Å². The van der Waals surface area contributed by atoms with Crippen LogP contribution in [-0.2, 0) is 19.2 Å². The third-order valence-corrected chi connectivity index (χ3v) is 9.04. The number of nitriles is 1. The van der Waals surface area contributed by atoms with Gasteiger partial charge in [0.1, 0.15) is 11.8 Å². The second-order valence-electron chi connectivity index (χ2n) is 11.9. The van der Waals surface area contributed by atoms with Gasteiger partial charge in [-0.3, -0.25) is 19.2 Å². The predicted molar refractivity (Wildman–Crippen MR) is 172 cm³/mol. The number of benzene rings is 1. The van der Waals surface area contributed by atoms with Crippen LogP contribution in [0, 0.1) is 16.7 Å². The van der Waals surface area contributed by atoms with Crippen molar-refractivity contribution in [2.75, 3.05) is 33.7 Å². The van der Waals surface area contributed by atoms with Crippen molar-refractivity contribution in [2.45, 2.75) is 66.7 Å². The second kappa shape index (κ2) is 15.1. The Balaban J connectivity index is 1.68. The first-order chi connectivity index (χ1) is 21.2. The van der Waals surface area contributed by atoms with E-state index in [2.05, 4.69) is 10.3 Å². The van der Waals surface area contributed by atoms with E-state index in [1.165, 1.54) is 21.1 Å². The predicted octanol–water partition coefficient (Wildman–Crippen LogP) is 4.95. The number of hydrogen-bond donors (Lipinski definition) is 1. The minimum atomic E-state index is -0.881. The van der Waals surface area contributed by atoms with Gasteiger partial charge in [0, 0.05) is 80.3 Å². The molecule has 0 bridgehead atoms. The Morgan fingerprint density at radius 2 is 1.69 bits per heavy atom. The highest BCUT2D eigenvalue weighted by molar-refractivity contribution is 7.19. The number of aromatic nitrogens is 1. The van der Waals surface area contributed by atoms with Gasteiger partial charge in [-0.2, -0.15) is 5.26 Å². The topological polar surface area (TPSA) is 150 Å². The number of fused-ring (bicyclic) bond motifs is 1. The fourth-order valence-electron chi connectivity index (χ4n) is 5.27. The molecule has 1 aromatic carbocycles. The molecule has 3 rings (SSSR count). The second-order valence-corrected chi connectivity index (χ2v) is 12.9.